The molecule has 104 heavy (non-hydrogen) atoms. The highest BCUT2D eigenvalue weighted by Crippen LogP contribution is 2.25. The van der Waals surface area contributed by atoms with Crippen LogP contribution in [-0.4, -0.2) is 234 Å². The zero-order valence-electron chi connectivity index (χ0n) is 61.5. The standard InChI is InChI=1S/C65H114N20O17S2/c1-12-36(10)52(53(68)91)83-50(90)28-74-56(94)43(29-86)81-63(101)51(35(8)9)84-60(98)42(26-34(6)7)80-58(96)39(19-20-47(67)87)77-61(99)45-31-104-103-30-44(57(95)71-21-14-18-48(88)76-45)82-62(100)46-17-15-23-85(46)64(102)37(11)75-49(89)27-73-55(93)40(24-32(2)3)79-59(97)41(25-33(4)5)78-54(92)38(66)16-13-22-72-65(69)70/h32-46,51-52,86H,12-31,66H2,1-11H3,(H2,67,87)(H2,68,91)(H,71,95)(H,73,93)(H,74,94)(H,75,89)(H,76,88)(H,77,99)(H,78,92)(H,79,97)(H,80,96)(H,81,101)(H,82,100)(H,83,90)(H,84,98)(H4,69,70,72)/t36-,37-,38-,39-,40-,41-,42-,43-,44-,45-,46-,51-,52-/m0/s1. The number of guanidine groups is 1. The molecule has 16 amide bonds. The minimum Gasteiger partial charge on any atom is -0.394 e. The van der Waals surface area contributed by atoms with E-state index in [2.05, 4.69) is 74.1 Å². The van der Waals surface area contributed by atoms with Crippen LogP contribution in [0.5, 0.6) is 0 Å². The summed E-state index contributed by atoms with van der Waals surface area (Å²) in [4.78, 5) is 220. The molecule has 2 fully saturated rings. The van der Waals surface area contributed by atoms with Gasteiger partial charge in [0.15, 0.2) is 5.96 Å². The summed E-state index contributed by atoms with van der Waals surface area (Å²) in [6, 6.07) is -14.9. The van der Waals surface area contributed by atoms with Gasteiger partial charge in [-0.3, -0.25) is 81.7 Å². The third-order valence-electron chi connectivity index (χ3n) is 16.7. The minimum atomic E-state index is -1.61. The molecule has 2 rings (SSSR count). The molecule has 39 heteroatoms. The van der Waals surface area contributed by atoms with Gasteiger partial charge in [-0.2, -0.15) is 0 Å². The predicted octanol–water partition coefficient (Wildman–Crippen LogP) is -5.67. The molecule has 2 aliphatic rings. The highest BCUT2D eigenvalue weighted by atomic mass is 33.1. The molecular weight excluding hydrogens is 1400 g/mol. The SMILES string of the molecule is CC[C@H](C)[C@H](NC(=O)CNC(=O)[C@H](CO)NC(=O)[C@@H](NC(=O)[C@H](CC(C)C)NC(=O)[C@H](CCC(N)=O)NC(=O)[C@@H]1CSSC[C@H](NC(=O)[C@@H]2CCCN2C(=O)[C@H](C)NC(=O)CNC(=O)[C@H](CC(C)C)NC(=O)[C@H](CC(C)C)NC(=O)[C@@H](N)CCCN=C(N)N)C(=O)NCCCC(=O)N1)C(C)C)C(N)=O. The summed E-state index contributed by atoms with van der Waals surface area (Å²) in [6.07, 6.45) is 1.13. The third-order valence-corrected chi connectivity index (χ3v) is 19.1. The lowest BCUT2D eigenvalue weighted by molar-refractivity contribution is -0.141. The van der Waals surface area contributed by atoms with E-state index in [1.165, 1.54) is 11.8 Å². The van der Waals surface area contributed by atoms with Crippen molar-refractivity contribution in [3.8, 4) is 0 Å². The van der Waals surface area contributed by atoms with Crippen LogP contribution in [0, 0.1) is 29.6 Å². The number of nitrogens with one attached hydrogen (secondary N) is 13. The van der Waals surface area contributed by atoms with E-state index in [4.69, 9.17) is 28.7 Å². The maximum absolute atomic E-state index is 14.2. The van der Waals surface area contributed by atoms with Crippen LogP contribution in [0.3, 0.4) is 0 Å². The Morgan fingerprint density at radius 3 is 1.67 bits per heavy atom. The summed E-state index contributed by atoms with van der Waals surface area (Å²) >= 11 is 0. The number of amides is 16. The van der Waals surface area contributed by atoms with Crippen molar-refractivity contribution in [2.45, 2.75) is 226 Å². The van der Waals surface area contributed by atoms with Crippen molar-refractivity contribution < 1.29 is 81.8 Å². The fourth-order valence-electron chi connectivity index (χ4n) is 10.8. The average Bonchev–Trinajstić information content (AvgIpc) is 1.62. The molecule has 37 nitrogen and oxygen atoms in total. The van der Waals surface area contributed by atoms with Crippen molar-refractivity contribution in [3.63, 3.8) is 0 Å². The van der Waals surface area contributed by atoms with Crippen LogP contribution in [-0.2, 0) is 76.7 Å². The Bertz CT molecular complexity index is 3000. The maximum Gasteiger partial charge on any atom is 0.245 e. The molecule has 0 saturated carbocycles. The topological polar surface area (TPSA) is 595 Å². The first-order valence-corrected chi connectivity index (χ1v) is 37.7. The third kappa shape index (κ3) is 33.9. The Kier molecular flexibility index (Phi) is 41.3. The van der Waals surface area contributed by atoms with E-state index >= 15 is 0 Å². The molecule has 0 spiro atoms. The van der Waals surface area contributed by atoms with Crippen LogP contribution in [0.4, 0.5) is 0 Å². The van der Waals surface area contributed by atoms with Gasteiger partial charge in [-0.15, -0.1) is 0 Å². The number of hydrogen-bond acceptors (Lipinski definition) is 21. The zero-order valence-corrected chi connectivity index (χ0v) is 63.2. The molecule has 0 aromatic carbocycles. The van der Waals surface area contributed by atoms with Crippen LogP contribution in [0.2, 0.25) is 0 Å². The Labute approximate surface area is 615 Å². The number of aliphatic imine (C=N–C) groups is 1. The second kappa shape index (κ2) is 47.0. The predicted molar refractivity (Wildman–Crippen MR) is 388 cm³/mol. The number of aliphatic hydroxyl groups is 1. The highest BCUT2D eigenvalue weighted by Gasteiger charge is 2.40. The molecule has 0 bridgehead atoms. The van der Waals surface area contributed by atoms with Gasteiger partial charge < -0.3 is 108 Å². The van der Waals surface area contributed by atoms with Gasteiger partial charge in [-0.25, -0.2) is 0 Å². The van der Waals surface area contributed by atoms with Gasteiger partial charge in [-0.1, -0.05) is 97.2 Å². The first-order valence-electron chi connectivity index (χ1n) is 35.2. The van der Waals surface area contributed by atoms with E-state index in [9.17, 15) is 81.8 Å². The number of aliphatic hydroxyl groups excluding tert-OH is 1. The zero-order chi connectivity index (χ0) is 78.7. The minimum absolute atomic E-state index is 0.0225. The summed E-state index contributed by atoms with van der Waals surface area (Å²) in [7, 11) is 2.06. The van der Waals surface area contributed by atoms with Gasteiger partial charge >= 0.3 is 0 Å². The van der Waals surface area contributed by atoms with Crippen molar-refractivity contribution in [3.05, 3.63) is 0 Å². The molecule has 0 aliphatic carbocycles. The summed E-state index contributed by atoms with van der Waals surface area (Å²) in [5, 5.41) is 43.4. The van der Waals surface area contributed by atoms with Crippen molar-refractivity contribution in [2.24, 2.45) is 63.3 Å². The van der Waals surface area contributed by atoms with E-state index in [1.54, 1.807) is 41.5 Å². The van der Waals surface area contributed by atoms with E-state index < -0.39 is 199 Å². The Hall–Kier alpha value is -8.59. The Morgan fingerprint density at radius 2 is 1.13 bits per heavy atom. The molecule has 13 atom stereocenters. The van der Waals surface area contributed by atoms with Gasteiger partial charge in [0, 0.05) is 44.0 Å². The number of carbonyl (C=O) groups is 16. The summed E-state index contributed by atoms with van der Waals surface area (Å²) in [5.74, 6) is -14.1. The van der Waals surface area contributed by atoms with Crippen LogP contribution in [0.25, 0.3) is 0 Å². The van der Waals surface area contributed by atoms with E-state index in [-0.39, 0.29) is 112 Å². The molecule has 588 valence electrons. The second-order valence-electron chi connectivity index (χ2n) is 27.6. The molecule has 0 aromatic heterocycles. The highest BCUT2D eigenvalue weighted by molar-refractivity contribution is 8.76. The van der Waals surface area contributed by atoms with Gasteiger partial charge in [0.1, 0.15) is 66.5 Å². The van der Waals surface area contributed by atoms with Crippen LogP contribution < -0.4 is 97.8 Å². The van der Waals surface area contributed by atoms with Crippen LogP contribution in [0.15, 0.2) is 4.99 Å². The maximum atomic E-state index is 14.2. The molecule has 24 N–H and O–H groups in total. The Morgan fingerprint density at radius 1 is 0.606 bits per heavy atom. The van der Waals surface area contributed by atoms with Gasteiger partial charge in [0.05, 0.1) is 25.7 Å². The lowest BCUT2D eigenvalue weighted by Gasteiger charge is -2.29. The molecule has 2 aliphatic heterocycles. The smallest absolute Gasteiger partial charge is 0.245 e. The first-order chi connectivity index (χ1) is 48.8. The average molecular weight is 1510 g/mol. The Balaban J connectivity index is 2.19. The van der Waals surface area contributed by atoms with Gasteiger partial charge in [-0.05, 0) is 94.3 Å². The summed E-state index contributed by atoms with van der Waals surface area (Å²) in [5.41, 5.74) is 27.7. The van der Waals surface area contributed by atoms with Gasteiger partial charge in [0.2, 0.25) is 94.5 Å². The summed E-state index contributed by atoms with van der Waals surface area (Å²) < 4.78 is 0. The largest absolute Gasteiger partial charge is 0.394 e. The van der Waals surface area contributed by atoms with Crippen molar-refractivity contribution in [1.29, 1.82) is 0 Å². The monoisotopic (exact) mass is 1510 g/mol. The molecule has 0 unspecified atom stereocenters. The fraction of sp³-hybridized carbons (Fsp3) is 0.738. The molecule has 0 aromatic rings. The quantitative estimate of drug-likeness (QED) is 0.0117. The summed E-state index contributed by atoms with van der Waals surface area (Å²) in [6.45, 7) is 17.0. The van der Waals surface area contributed by atoms with Crippen molar-refractivity contribution in [2.75, 3.05) is 50.8 Å². The number of nitrogens with two attached hydrogens (primary N) is 5. The number of hydrogen-bond donors (Lipinski definition) is 19. The van der Waals surface area contributed by atoms with E-state index in [1.807, 2.05) is 27.7 Å². The fourth-order valence-corrected chi connectivity index (χ4v) is 13.1. The van der Waals surface area contributed by atoms with Gasteiger partial charge in [0.25, 0.3) is 0 Å². The van der Waals surface area contributed by atoms with Crippen LogP contribution in [0.1, 0.15) is 153 Å². The number of nitrogens with zero attached hydrogens (tertiary/aromatic N) is 2. The lowest BCUT2D eigenvalue weighted by atomic mass is 9.98. The molecule has 2 heterocycles. The second-order valence-corrected chi connectivity index (χ2v) is 30.1. The molecular formula is C65H114N20O17S2. The number of primary amides is 2. The van der Waals surface area contributed by atoms with Crippen molar-refractivity contribution >= 4 is 122 Å². The van der Waals surface area contributed by atoms with Crippen LogP contribution >= 0.6 is 21.6 Å². The van der Waals surface area contributed by atoms with E-state index in [0.29, 0.717) is 19.3 Å². The molecule has 0 radical (unpaired) electrons. The first kappa shape index (κ1) is 91.5. The number of likely N-dealkylation sites (tertiary alicyclic amines) is 1. The molecule has 2 saturated heterocycles. The number of rotatable bonds is 41. The van der Waals surface area contributed by atoms with Crippen molar-refractivity contribution in [1.82, 2.24) is 74.0 Å². The normalized spacial score (nSPS) is 18.7. The number of carbonyl (C=O) groups excluding carboxylic acids is 16. The lowest BCUT2D eigenvalue weighted by Crippen LogP contribution is -2.61. The van der Waals surface area contributed by atoms with E-state index in [0.717, 1.165) is 21.6 Å².